The lowest BCUT2D eigenvalue weighted by molar-refractivity contribution is -0.274. The maximum absolute atomic E-state index is 13.4. The zero-order valence-corrected chi connectivity index (χ0v) is 19.5. The molecular weight excluding hydrogens is 441 g/mol. The molecule has 2 atom stereocenters. The predicted octanol–water partition coefficient (Wildman–Crippen LogP) is 6.86. The molecule has 0 aliphatic carbocycles. The van der Waals surface area contributed by atoms with E-state index in [1.807, 2.05) is 12.3 Å². The van der Waals surface area contributed by atoms with Crippen LogP contribution in [0.2, 0.25) is 0 Å². The molecule has 3 aromatic rings. The molecule has 0 saturated heterocycles. The number of hydrogen-bond donors (Lipinski definition) is 1. The van der Waals surface area contributed by atoms with Crippen molar-refractivity contribution in [2.75, 3.05) is 5.32 Å². The first-order chi connectivity index (χ1) is 16.0. The van der Waals surface area contributed by atoms with E-state index in [2.05, 4.69) is 65.7 Å². The second-order valence-electron chi connectivity index (χ2n) is 9.79. The van der Waals surface area contributed by atoms with Crippen LogP contribution in [-0.2, 0) is 16.8 Å². The molecule has 7 heteroatoms. The highest BCUT2D eigenvalue weighted by molar-refractivity contribution is 5.93. The number of alkyl halides is 3. The third kappa shape index (κ3) is 5.46. The number of amides is 1. The second kappa shape index (κ2) is 9.20. The number of aromatic nitrogens is 1. The van der Waals surface area contributed by atoms with Crippen LogP contribution < -0.4 is 10.1 Å². The SMILES string of the molecule is CC(C)(C)c1ccc(C2c3cccn3CCCC2C(=O)Nc2ccc(OC(F)(F)F)cc2)cc1. The fourth-order valence-electron chi connectivity index (χ4n) is 4.62. The first-order valence-corrected chi connectivity index (χ1v) is 11.4. The van der Waals surface area contributed by atoms with E-state index in [1.165, 1.54) is 29.8 Å². The summed E-state index contributed by atoms with van der Waals surface area (Å²) in [7, 11) is 0. The molecule has 0 saturated carbocycles. The highest BCUT2D eigenvalue weighted by atomic mass is 19.4. The molecule has 1 aliphatic heterocycles. The van der Waals surface area contributed by atoms with Crippen molar-refractivity contribution in [3.8, 4) is 5.75 Å². The number of fused-ring (bicyclic) bond motifs is 1. The third-order valence-corrected chi connectivity index (χ3v) is 6.33. The quantitative estimate of drug-likeness (QED) is 0.452. The number of halogens is 3. The van der Waals surface area contributed by atoms with Crippen molar-refractivity contribution in [1.82, 2.24) is 4.57 Å². The van der Waals surface area contributed by atoms with Gasteiger partial charge in [0.25, 0.3) is 0 Å². The summed E-state index contributed by atoms with van der Waals surface area (Å²) in [6, 6.07) is 17.8. The average molecular weight is 471 g/mol. The van der Waals surface area contributed by atoms with Gasteiger partial charge in [0.2, 0.25) is 5.91 Å². The number of aryl methyl sites for hydroxylation is 1. The maximum atomic E-state index is 13.4. The van der Waals surface area contributed by atoms with Crippen LogP contribution in [0.5, 0.6) is 5.75 Å². The van der Waals surface area contributed by atoms with E-state index >= 15 is 0 Å². The van der Waals surface area contributed by atoms with Gasteiger partial charge in [0.1, 0.15) is 5.75 Å². The number of carbonyl (C=O) groups excluding carboxylic acids is 1. The monoisotopic (exact) mass is 470 g/mol. The van der Waals surface area contributed by atoms with E-state index < -0.39 is 6.36 Å². The smallest absolute Gasteiger partial charge is 0.406 e. The second-order valence-corrected chi connectivity index (χ2v) is 9.79. The van der Waals surface area contributed by atoms with E-state index in [-0.39, 0.29) is 28.9 Å². The Morgan fingerprint density at radius 2 is 1.68 bits per heavy atom. The molecule has 1 aliphatic rings. The lowest BCUT2D eigenvalue weighted by Gasteiger charge is -2.27. The van der Waals surface area contributed by atoms with Gasteiger partial charge in [-0.1, -0.05) is 45.0 Å². The Morgan fingerprint density at radius 3 is 2.29 bits per heavy atom. The topological polar surface area (TPSA) is 43.3 Å². The van der Waals surface area contributed by atoms with Crippen molar-refractivity contribution in [2.24, 2.45) is 5.92 Å². The molecule has 2 unspecified atom stereocenters. The van der Waals surface area contributed by atoms with Gasteiger partial charge in [0, 0.05) is 30.0 Å². The molecule has 1 N–H and O–H groups in total. The van der Waals surface area contributed by atoms with Gasteiger partial charge in [-0.3, -0.25) is 4.79 Å². The van der Waals surface area contributed by atoms with Crippen molar-refractivity contribution in [3.05, 3.63) is 83.7 Å². The molecule has 1 aromatic heterocycles. The average Bonchev–Trinajstić information content (AvgIpc) is 3.13. The number of benzene rings is 2. The van der Waals surface area contributed by atoms with Crippen LogP contribution in [0.25, 0.3) is 0 Å². The van der Waals surface area contributed by atoms with Crippen LogP contribution in [0.15, 0.2) is 66.9 Å². The van der Waals surface area contributed by atoms with Gasteiger partial charge in [0.15, 0.2) is 0 Å². The highest BCUT2D eigenvalue weighted by Crippen LogP contribution is 2.39. The van der Waals surface area contributed by atoms with Crippen molar-refractivity contribution in [3.63, 3.8) is 0 Å². The van der Waals surface area contributed by atoms with E-state index in [9.17, 15) is 18.0 Å². The summed E-state index contributed by atoms with van der Waals surface area (Å²) in [5, 5.41) is 2.90. The fraction of sp³-hybridized carbons (Fsp3) is 0.370. The lowest BCUT2D eigenvalue weighted by atomic mass is 9.79. The van der Waals surface area contributed by atoms with E-state index in [0.717, 1.165) is 24.2 Å². The van der Waals surface area contributed by atoms with Crippen LogP contribution in [-0.4, -0.2) is 16.8 Å². The number of rotatable bonds is 4. The molecule has 4 nitrogen and oxygen atoms in total. The Bertz CT molecular complexity index is 1130. The normalized spacial score (nSPS) is 18.6. The zero-order valence-electron chi connectivity index (χ0n) is 19.5. The van der Waals surface area contributed by atoms with Gasteiger partial charge in [-0.05, 0) is 65.8 Å². The van der Waals surface area contributed by atoms with Gasteiger partial charge in [0.05, 0.1) is 5.92 Å². The summed E-state index contributed by atoms with van der Waals surface area (Å²) < 4.78 is 43.4. The molecule has 1 amide bonds. The molecular formula is C27H29F3N2O2. The summed E-state index contributed by atoms with van der Waals surface area (Å²) in [5.74, 6) is -0.916. The summed E-state index contributed by atoms with van der Waals surface area (Å²) in [4.78, 5) is 13.4. The van der Waals surface area contributed by atoms with Crippen molar-refractivity contribution < 1.29 is 22.7 Å². The minimum atomic E-state index is -4.75. The molecule has 4 rings (SSSR count). The van der Waals surface area contributed by atoms with Gasteiger partial charge in [-0.15, -0.1) is 13.2 Å². The van der Waals surface area contributed by atoms with Crippen LogP contribution in [0.3, 0.4) is 0 Å². The summed E-state index contributed by atoms with van der Waals surface area (Å²) in [6.07, 6.45) is -1.15. The zero-order chi connectivity index (χ0) is 24.5. The molecule has 180 valence electrons. The van der Waals surface area contributed by atoms with E-state index in [0.29, 0.717) is 12.1 Å². The standard InChI is InChI=1S/C27H29F3N2O2/c1-26(2,3)19-10-8-18(9-11-19)24-22(6-4-16-32-17-5-7-23(24)32)25(33)31-20-12-14-21(15-13-20)34-27(28,29)30/h5,7-15,17,22,24H,4,6,16H2,1-3H3,(H,31,33). The number of carbonyl (C=O) groups is 1. The lowest BCUT2D eigenvalue weighted by Crippen LogP contribution is -2.29. The maximum Gasteiger partial charge on any atom is 0.573 e. The molecule has 2 heterocycles. The number of anilines is 1. The number of hydrogen-bond acceptors (Lipinski definition) is 2. The predicted molar refractivity (Wildman–Crippen MR) is 126 cm³/mol. The summed E-state index contributed by atoms with van der Waals surface area (Å²) >= 11 is 0. The van der Waals surface area contributed by atoms with Crippen LogP contribution >= 0.6 is 0 Å². The minimum absolute atomic E-state index is 0.0287. The van der Waals surface area contributed by atoms with Crippen LogP contribution in [0, 0.1) is 5.92 Å². The van der Waals surface area contributed by atoms with Gasteiger partial charge in [-0.25, -0.2) is 0 Å². The van der Waals surface area contributed by atoms with Crippen molar-refractivity contribution >= 4 is 11.6 Å². The fourth-order valence-corrected chi connectivity index (χ4v) is 4.62. The largest absolute Gasteiger partial charge is 0.573 e. The number of ether oxygens (including phenoxy) is 1. The van der Waals surface area contributed by atoms with Crippen molar-refractivity contribution in [2.45, 2.75) is 57.9 Å². The number of nitrogens with zero attached hydrogens (tertiary/aromatic N) is 1. The summed E-state index contributed by atoms with van der Waals surface area (Å²) in [5.41, 5.74) is 3.85. The van der Waals surface area contributed by atoms with Gasteiger partial charge >= 0.3 is 6.36 Å². The van der Waals surface area contributed by atoms with Gasteiger partial charge in [-0.2, -0.15) is 0 Å². The highest BCUT2D eigenvalue weighted by Gasteiger charge is 2.35. The first-order valence-electron chi connectivity index (χ1n) is 11.4. The number of nitrogens with one attached hydrogen (secondary N) is 1. The molecule has 0 radical (unpaired) electrons. The van der Waals surface area contributed by atoms with Gasteiger partial charge < -0.3 is 14.6 Å². The molecule has 0 fully saturated rings. The Hall–Kier alpha value is -3.22. The first kappa shape index (κ1) is 23.9. The Kier molecular flexibility index (Phi) is 6.47. The van der Waals surface area contributed by atoms with Crippen LogP contribution in [0.4, 0.5) is 18.9 Å². The Balaban J connectivity index is 1.60. The Labute approximate surface area is 197 Å². The van der Waals surface area contributed by atoms with E-state index in [1.54, 1.807) is 0 Å². The molecule has 2 aromatic carbocycles. The Morgan fingerprint density at radius 1 is 1.00 bits per heavy atom. The van der Waals surface area contributed by atoms with Crippen LogP contribution in [0.1, 0.15) is 56.4 Å². The minimum Gasteiger partial charge on any atom is -0.406 e. The molecule has 0 bridgehead atoms. The van der Waals surface area contributed by atoms with E-state index in [4.69, 9.17) is 0 Å². The molecule has 0 spiro atoms. The third-order valence-electron chi connectivity index (χ3n) is 6.33. The summed E-state index contributed by atoms with van der Waals surface area (Å²) in [6.45, 7) is 7.34. The molecule has 34 heavy (non-hydrogen) atoms. The van der Waals surface area contributed by atoms with Crippen molar-refractivity contribution in [1.29, 1.82) is 0 Å².